The Kier molecular flexibility index (Phi) is 5.51. The zero-order valence-electron chi connectivity index (χ0n) is 18.2. The van der Waals surface area contributed by atoms with Gasteiger partial charge in [-0.2, -0.15) is 0 Å². The highest BCUT2D eigenvalue weighted by Crippen LogP contribution is 2.31. The molecule has 1 amide bonds. The summed E-state index contributed by atoms with van der Waals surface area (Å²) < 4.78 is 6.02. The third-order valence-electron chi connectivity index (χ3n) is 6.13. The highest BCUT2D eigenvalue weighted by atomic mass is 16.5. The quantitative estimate of drug-likeness (QED) is 0.492. The molecule has 5 rings (SSSR count). The lowest BCUT2D eigenvalue weighted by atomic mass is 10.1. The number of carbonyl (C=O) groups excluding carboxylic acids is 1. The number of piperazine rings is 1. The number of H-pyrrole nitrogens is 1. The van der Waals surface area contributed by atoms with Crippen molar-refractivity contribution in [2.45, 2.75) is 0 Å². The molecule has 0 radical (unpaired) electrons. The van der Waals surface area contributed by atoms with Crippen LogP contribution in [0.15, 0.2) is 54.6 Å². The van der Waals surface area contributed by atoms with Crippen LogP contribution in [-0.4, -0.2) is 72.1 Å². The topological polar surface area (TPSA) is 87.5 Å². The first-order valence-corrected chi connectivity index (χ1v) is 10.9. The number of amides is 1. The molecule has 0 bridgehead atoms. The first kappa shape index (κ1) is 20.5. The Hall–Kier alpha value is -3.42. The van der Waals surface area contributed by atoms with Crippen molar-refractivity contribution in [3.05, 3.63) is 60.2 Å². The Bertz CT molecular complexity index is 1260. The Labute approximate surface area is 186 Å². The van der Waals surface area contributed by atoms with Gasteiger partial charge in [0.25, 0.3) is 5.91 Å². The molecule has 7 heteroatoms. The number of aromatic amines is 1. The second kappa shape index (κ2) is 8.61. The SMILES string of the molecule is CN1CCN(CCOc2ccc3c(c2)[nH]c2c(C(N)=O)cc(-c4ccccc4)nc23)CC1. The number of pyridine rings is 1. The fourth-order valence-electron chi connectivity index (χ4n) is 4.24. The first-order valence-electron chi connectivity index (χ1n) is 10.9. The molecule has 0 aliphatic carbocycles. The average Bonchev–Trinajstić information content (AvgIpc) is 3.18. The van der Waals surface area contributed by atoms with Crippen molar-refractivity contribution in [1.82, 2.24) is 19.8 Å². The lowest BCUT2D eigenvalue weighted by molar-refractivity contribution is 0.100. The van der Waals surface area contributed by atoms with Crippen LogP contribution in [0.25, 0.3) is 33.2 Å². The van der Waals surface area contributed by atoms with Crippen LogP contribution in [0.4, 0.5) is 0 Å². The van der Waals surface area contributed by atoms with Gasteiger partial charge in [-0.05, 0) is 25.2 Å². The summed E-state index contributed by atoms with van der Waals surface area (Å²) >= 11 is 0. The number of ether oxygens (including phenoxy) is 1. The van der Waals surface area contributed by atoms with E-state index in [1.165, 1.54) is 0 Å². The number of likely N-dealkylation sites (N-methyl/N-ethyl adjacent to an activating group) is 1. The first-order chi connectivity index (χ1) is 15.6. The standard InChI is InChI=1S/C25H27N5O2/c1-29-9-11-30(12-10-29)13-14-32-18-7-8-19-22(15-18)28-24-20(25(26)31)16-21(27-23(19)24)17-5-3-2-4-6-17/h2-8,15-16,28H,9-14H2,1H3,(H2,26,31). The third kappa shape index (κ3) is 4.04. The summed E-state index contributed by atoms with van der Waals surface area (Å²) in [6.45, 7) is 5.89. The van der Waals surface area contributed by atoms with Crippen LogP contribution in [-0.2, 0) is 0 Å². The number of primary amides is 1. The average molecular weight is 430 g/mol. The number of hydrogen-bond acceptors (Lipinski definition) is 5. The highest BCUT2D eigenvalue weighted by Gasteiger charge is 2.17. The Morgan fingerprint density at radius 3 is 2.62 bits per heavy atom. The molecule has 0 unspecified atom stereocenters. The van der Waals surface area contributed by atoms with Crippen molar-refractivity contribution in [3.8, 4) is 17.0 Å². The Morgan fingerprint density at radius 2 is 1.88 bits per heavy atom. The minimum Gasteiger partial charge on any atom is -0.492 e. The summed E-state index contributed by atoms with van der Waals surface area (Å²) in [5, 5.41) is 0.937. The van der Waals surface area contributed by atoms with Crippen molar-refractivity contribution in [1.29, 1.82) is 0 Å². The molecule has 4 aromatic rings. The van der Waals surface area contributed by atoms with Crippen LogP contribution >= 0.6 is 0 Å². The van der Waals surface area contributed by atoms with Gasteiger partial charge in [0, 0.05) is 49.7 Å². The Morgan fingerprint density at radius 1 is 1.09 bits per heavy atom. The van der Waals surface area contributed by atoms with Crippen molar-refractivity contribution < 1.29 is 9.53 Å². The van der Waals surface area contributed by atoms with Gasteiger partial charge in [0.15, 0.2) is 0 Å². The largest absolute Gasteiger partial charge is 0.492 e. The maximum Gasteiger partial charge on any atom is 0.250 e. The van der Waals surface area contributed by atoms with Gasteiger partial charge in [0.05, 0.1) is 27.8 Å². The van der Waals surface area contributed by atoms with E-state index < -0.39 is 5.91 Å². The van der Waals surface area contributed by atoms with E-state index in [4.69, 9.17) is 15.5 Å². The van der Waals surface area contributed by atoms with Crippen LogP contribution in [0, 0.1) is 0 Å². The molecule has 3 N–H and O–H groups in total. The van der Waals surface area contributed by atoms with Gasteiger partial charge >= 0.3 is 0 Å². The molecule has 0 saturated carbocycles. The molecule has 7 nitrogen and oxygen atoms in total. The summed E-state index contributed by atoms with van der Waals surface area (Å²) in [7, 11) is 2.16. The van der Waals surface area contributed by atoms with Crippen LogP contribution in [0.3, 0.4) is 0 Å². The fraction of sp³-hybridized carbons (Fsp3) is 0.280. The number of fused-ring (bicyclic) bond motifs is 3. The number of nitrogens with two attached hydrogens (primary N) is 1. The summed E-state index contributed by atoms with van der Waals surface area (Å²) in [4.78, 5) is 25.1. The third-order valence-corrected chi connectivity index (χ3v) is 6.13. The van der Waals surface area contributed by atoms with Gasteiger partial charge in [0.2, 0.25) is 0 Å². The summed E-state index contributed by atoms with van der Waals surface area (Å²) in [5.41, 5.74) is 10.1. The predicted octanol–water partition coefficient (Wildman–Crippen LogP) is 3.11. The van der Waals surface area contributed by atoms with E-state index in [-0.39, 0.29) is 0 Å². The maximum absolute atomic E-state index is 12.2. The van der Waals surface area contributed by atoms with Gasteiger partial charge in [-0.15, -0.1) is 0 Å². The Balaban J connectivity index is 1.43. The predicted molar refractivity (Wildman–Crippen MR) is 127 cm³/mol. The van der Waals surface area contributed by atoms with Crippen LogP contribution in [0.5, 0.6) is 5.75 Å². The van der Waals surface area contributed by atoms with Gasteiger partial charge in [-0.1, -0.05) is 30.3 Å². The maximum atomic E-state index is 12.2. The van der Waals surface area contributed by atoms with Crippen molar-refractivity contribution in [3.63, 3.8) is 0 Å². The minimum atomic E-state index is -0.482. The molecule has 1 aliphatic heterocycles. The van der Waals surface area contributed by atoms with E-state index in [0.29, 0.717) is 17.7 Å². The number of benzene rings is 2. The molecule has 3 heterocycles. The van der Waals surface area contributed by atoms with E-state index in [2.05, 4.69) is 21.8 Å². The second-order valence-corrected chi connectivity index (χ2v) is 8.33. The van der Waals surface area contributed by atoms with Crippen molar-refractivity contribution >= 4 is 27.8 Å². The smallest absolute Gasteiger partial charge is 0.250 e. The molecule has 32 heavy (non-hydrogen) atoms. The van der Waals surface area contributed by atoms with Crippen molar-refractivity contribution in [2.75, 3.05) is 46.4 Å². The molecule has 164 valence electrons. The number of nitrogens with one attached hydrogen (secondary N) is 1. The van der Waals surface area contributed by atoms with Crippen LogP contribution in [0.1, 0.15) is 10.4 Å². The van der Waals surface area contributed by atoms with E-state index in [0.717, 1.165) is 66.2 Å². The summed E-state index contributed by atoms with van der Waals surface area (Å²) in [6.07, 6.45) is 0. The van der Waals surface area contributed by atoms with Gasteiger partial charge in [0.1, 0.15) is 12.4 Å². The molecular weight excluding hydrogens is 402 g/mol. The molecule has 2 aromatic carbocycles. The number of rotatable bonds is 6. The second-order valence-electron chi connectivity index (χ2n) is 8.33. The zero-order chi connectivity index (χ0) is 22.1. The molecule has 1 saturated heterocycles. The molecule has 1 fully saturated rings. The molecule has 1 aliphatic rings. The fourth-order valence-corrected chi connectivity index (χ4v) is 4.24. The number of aromatic nitrogens is 2. The number of nitrogens with zero attached hydrogens (tertiary/aromatic N) is 3. The number of hydrogen-bond donors (Lipinski definition) is 2. The van der Waals surface area contributed by atoms with Gasteiger partial charge < -0.3 is 20.4 Å². The molecular formula is C25H27N5O2. The highest BCUT2D eigenvalue weighted by molar-refractivity contribution is 6.14. The molecule has 0 atom stereocenters. The normalized spacial score (nSPS) is 15.4. The van der Waals surface area contributed by atoms with E-state index >= 15 is 0 Å². The minimum absolute atomic E-state index is 0.433. The van der Waals surface area contributed by atoms with Gasteiger partial charge in [-0.3, -0.25) is 9.69 Å². The van der Waals surface area contributed by atoms with Gasteiger partial charge in [-0.25, -0.2) is 4.98 Å². The number of carbonyl (C=O) groups is 1. The monoisotopic (exact) mass is 429 g/mol. The summed E-state index contributed by atoms with van der Waals surface area (Å²) in [6, 6.07) is 17.5. The molecule has 0 spiro atoms. The van der Waals surface area contributed by atoms with E-state index in [9.17, 15) is 4.79 Å². The van der Waals surface area contributed by atoms with Crippen molar-refractivity contribution in [2.24, 2.45) is 5.73 Å². The van der Waals surface area contributed by atoms with Crippen LogP contribution in [0.2, 0.25) is 0 Å². The zero-order valence-corrected chi connectivity index (χ0v) is 18.2. The lowest BCUT2D eigenvalue weighted by Gasteiger charge is -2.32. The lowest BCUT2D eigenvalue weighted by Crippen LogP contribution is -2.45. The summed E-state index contributed by atoms with van der Waals surface area (Å²) in [5.74, 6) is 0.312. The molecule has 2 aromatic heterocycles. The van der Waals surface area contributed by atoms with E-state index in [1.807, 2.05) is 48.5 Å². The van der Waals surface area contributed by atoms with Crippen LogP contribution < -0.4 is 10.5 Å². The van der Waals surface area contributed by atoms with E-state index in [1.54, 1.807) is 6.07 Å².